The van der Waals surface area contributed by atoms with Gasteiger partial charge in [0.2, 0.25) is 0 Å². The lowest BCUT2D eigenvalue weighted by atomic mass is 9.99. The highest BCUT2D eigenvalue weighted by Gasteiger charge is 2.54. The van der Waals surface area contributed by atoms with Gasteiger partial charge in [0.15, 0.2) is 0 Å². The number of hydrogen-bond donors (Lipinski definition) is 1. The van der Waals surface area contributed by atoms with Crippen LogP contribution in [0.3, 0.4) is 0 Å². The number of halogens is 2. The van der Waals surface area contributed by atoms with E-state index in [1.165, 1.54) is 31.2 Å². The monoisotopic (exact) mass is 311 g/mol. The van der Waals surface area contributed by atoms with Crippen molar-refractivity contribution in [2.24, 2.45) is 17.8 Å². The molecule has 3 atom stereocenters. The van der Waals surface area contributed by atoms with Crippen LogP contribution in [0.2, 0.25) is 10.0 Å². The maximum absolute atomic E-state index is 6.45. The summed E-state index contributed by atoms with van der Waals surface area (Å²) in [5, 5.41) is 5.27. The molecule has 1 nitrogen and oxygen atoms in total. The summed E-state index contributed by atoms with van der Waals surface area (Å²) in [6.45, 7) is 3.27. The van der Waals surface area contributed by atoms with Crippen molar-refractivity contribution in [2.45, 2.75) is 45.1 Å². The first-order valence-electron chi connectivity index (χ1n) is 7.90. The topological polar surface area (TPSA) is 12.0 Å². The SMILES string of the molecule is CCCNC(c1ccc(Cl)cc1Cl)C1C2CCCCC21. The Balaban J connectivity index is 1.82. The minimum absolute atomic E-state index is 0.410. The maximum Gasteiger partial charge on any atom is 0.0468 e. The van der Waals surface area contributed by atoms with E-state index in [1.54, 1.807) is 0 Å². The Morgan fingerprint density at radius 2 is 1.90 bits per heavy atom. The van der Waals surface area contributed by atoms with Crippen LogP contribution in [0, 0.1) is 17.8 Å². The van der Waals surface area contributed by atoms with Crippen LogP contribution in [0.1, 0.15) is 50.6 Å². The standard InChI is InChI=1S/C17H23Cl2N/c1-2-9-20-17(14-8-7-11(18)10-15(14)19)16-12-5-3-4-6-13(12)16/h7-8,10,12-13,16-17,20H,2-6,9H2,1H3. The quantitative estimate of drug-likeness (QED) is 0.760. The lowest BCUT2D eigenvalue weighted by Gasteiger charge is -2.21. The van der Waals surface area contributed by atoms with E-state index in [2.05, 4.69) is 18.3 Å². The molecule has 2 aliphatic carbocycles. The molecule has 110 valence electrons. The molecule has 0 radical (unpaired) electrons. The summed E-state index contributed by atoms with van der Waals surface area (Å²) in [4.78, 5) is 0. The van der Waals surface area contributed by atoms with E-state index in [-0.39, 0.29) is 0 Å². The molecule has 3 rings (SSSR count). The van der Waals surface area contributed by atoms with Crippen molar-refractivity contribution in [3.8, 4) is 0 Å². The zero-order valence-electron chi connectivity index (χ0n) is 12.0. The van der Waals surface area contributed by atoms with Gasteiger partial charge in [0, 0.05) is 16.1 Å². The highest BCUT2D eigenvalue weighted by molar-refractivity contribution is 6.35. The summed E-state index contributed by atoms with van der Waals surface area (Å²) in [6.07, 6.45) is 6.79. The van der Waals surface area contributed by atoms with E-state index in [4.69, 9.17) is 23.2 Å². The van der Waals surface area contributed by atoms with Gasteiger partial charge in [-0.25, -0.2) is 0 Å². The minimum atomic E-state index is 0.410. The second-order valence-electron chi connectivity index (χ2n) is 6.29. The zero-order valence-corrected chi connectivity index (χ0v) is 13.6. The molecule has 0 aliphatic heterocycles. The second-order valence-corrected chi connectivity index (χ2v) is 7.13. The van der Waals surface area contributed by atoms with Gasteiger partial charge in [0.25, 0.3) is 0 Å². The lowest BCUT2D eigenvalue weighted by molar-refractivity contribution is 0.446. The van der Waals surface area contributed by atoms with Crippen molar-refractivity contribution in [3.05, 3.63) is 33.8 Å². The predicted molar refractivity (Wildman–Crippen MR) is 86.4 cm³/mol. The number of benzene rings is 1. The smallest absolute Gasteiger partial charge is 0.0468 e. The molecule has 20 heavy (non-hydrogen) atoms. The molecule has 1 aromatic carbocycles. The highest BCUT2D eigenvalue weighted by Crippen LogP contribution is 2.60. The molecule has 1 aromatic rings. The van der Waals surface area contributed by atoms with E-state index in [0.29, 0.717) is 6.04 Å². The normalized spacial score (nSPS) is 29.9. The molecule has 0 aromatic heterocycles. The van der Waals surface area contributed by atoms with Gasteiger partial charge in [0.05, 0.1) is 0 Å². The molecule has 0 saturated heterocycles. The third-order valence-corrected chi connectivity index (χ3v) is 5.58. The fourth-order valence-corrected chi connectivity index (χ4v) is 4.58. The van der Waals surface area contributed by atoms with Gasteiger partial charge in [-0.15, -0.1) is 0 Å². The maximum atomic E-state index is 6.45. The summed E-state index contributed by atoms with van der Waals surface area (Å²) in [5.41, 5.74) is 1.24. The van der Waals surface area contributed by atoms with Gasteiger partial charge >= 0.3 is 0 Å². The van der Waals surface area contributed by atoms with Gasteiger partial charge in [-0.3, -0.25) is 0 Å². The van der Waals surface area contributed by atoms with Crippen LogP contribution in [0.4, 0.5) is 0 Å². The van der Waals surface area contributed by atoms with Crippen molar-refractivity contribution in [1.82, 2.24) is 5.32 Å². The highest BCUT2D eigenvalue weighted by atomic mass is 35.5. The Hall–Kier alpha value is -0.240. The summed E-state index contributed by atoms with van der Waals surface area (Å²) >= 11 is 12.5. The van der Waals surface area contributed by atoms with Gasteiger partial charge in [-0.1, -0.05) is 49.0 Å². The molecular formula is C17H23Cl2N. The Bertz CT molecular complexity index is 462. The third-order valence-electron chi connectivity index (χ3n) is 5.02. The molecule has 3 unspecified atom stereocenters. The third kappa shape index (κ3) is 2.86. The van der Waals surface area contributed by atoms with Gasteiger partial charge in [0.1, 0.15) is 0 Å². The molecule has 2 fully saturated rings. The Morgan fingerprint density at radius 1 is 1.20 bits per heavy atom. The number of nitrogens with one attached hydrogen (secondary N) is 1. The first-order valence-corrected chi connectivity index (χ1v) is 8.66. The van der Waals surface area contributed by atoms with Gasteiger partial charge in [-0.2, -0.15) is 0 Å². The predicted octanol–water partition coefficient (Wildman–Crippen LogP) is 5.47. The molecule has 3 heteroatoms. The van der Waals surface area contributed by atoms with Gasteiger partial charge < -0.3 is 5.32 Å². The first kappa shape index (κ1) is 14.7. The van der Waals surface area contributed by atoms with Crippen LogP contribution in [-0.2, 0) is 0 Å². The van der Waals surface area contributed by atoms with Crippen LogP contribution in [0.25, 0.3) is 0 Å². The Kier molecular flexibility index (Phi) is 4.59. The van der Waals surface area contributed by atoms with Crippen LogP contribution in [-0.4, -0.2) is 6.54 Å². The average Bonchev–Trinajstić information content (AvgIpc) is 3.15. The van der Waals surface area contributed by atoms with Crippen molar-refractivity contribution in [2.75, 3.05) is 6.54 Å². The van der Waals surface area contributed by atoms with E-state index >= 15 is 0 Å². The van der Waals surface area contributed by atoms with E-state index in [0.717, 1.165) is 40.8 Å². The summed E-state index contributed by atoms with van der Waals surface area (Å²) < 4.78 is 0. The number of hydrogen-bond acceptors (Lipinski definition) is 1. The molecule has 0 amide bonds. The van der Waals surface area contributed by atoms with Crippen LogP contribution in [0.5, 0.6) is 0 Å². The van der Waals surface area contributed by atoms with Crippen molar-refractivity contribution in [3.63, 3.8) is 0 Å². The van der Waals surface area contributed by atoms with Gasteiger partial charge in [-0.05, 0) is 61.3 Å². The van der Waals surface area contributed by atoms with Crippen molar-refractivity contribution >= 4 is 23.2 Å². The minimum Gasteiger partial charge on any atom is -0.310 e. The fourth-order valence-electron chi connectivity index (χ4n) is 4.05. The molecule has 2 saturated carbocycles. The van der Waals surface area contributed by atoms with Crippen molar-refractivity contribution < 1.29 is 0 Å². The molecular weight excluding hydrogens is 289 g/mol. The lowest BCUT2D eigenvalue weighted by Crippen LogP contribution is -2.25. The summed E-state index contributed by atoms with van der Waals surface area (Å²) in [6, 6.07) is 6.37. The number of rotatable bonds is 5. The fraction of sp³-hybridized carbons (Fsp3) is 0.647. The van der Waals surface area contributed by atoms with Crippen LogP contribution in [0.15, 0.2) is 18.2 Å². The average molecular weight is 312 g/mol. The zero-order chi connectivity index (χ0) is 14.1. The molecule has 0 heterocycles. The second kappa shape index (κ2) is 6.25. The summed E-state index contributed by atoms with van der Waals surface area (Å²) in [7, 11) is 0. The molecule has 1 N–H and O–H groups in total. The number of fused-ring (bicyclic) bond motifs is 1. The Labute approximate surface area is 132 Å². The van der Waals surface area contributed by atoms with Crippen LogP contribution >= 0.6 is 23.2 Å². The van der Waals surface area contributed by atoms with Crippen molar-refractivity contribution in [1.29, 1.82) is 0 Å². The van der Waals surface area contributed by atoms with E-state index in [1.807, 2.05) is 12.1 Å². The van der Waals surface area contributed by atoms with Crippen LogP contribution < -0.4 is 5.32 Å². The van der Waals surface area contributed by atoms with E-state index in [9.17, 15) is 0 Å². The summed E-state index contributed by atoms with van der Waals surface area (Å²) in [5.74, 6) is 2.62. The largest absolute Gasteiger partial charge is 0.310 e. The molecule has 2 aliphatic rings. The molecule has 0 bridgehead atoms. The Morgan fingerprint density at radius 3 is 2.50 bits per heavy atom. The molecule has 0 spiro atoms. The van der Waals surface area contributed by atoms with E-state index < -0.39 is 0 Å². The first-order chi connectivity index (χ1) is 9.72.